The average molecular weight is 471 g/mol. The van der Waals surface area contributed by atoms with Crippen LogP contribution in [0.25, 0.3) is 0 Å². The molecule has 0 aliphatic carbocycles. The molecule has 0 aromatic heterocycles. The van der Waals surface area contributed by atoms with Gasteiger partial charge >= 0.3 is 29.6 Å². The zero-order valence-corrected chi connectivity index (χ0v) is 22.3. The predicted molar refractivity (Wildman–Crippen MR) is 122 cm³/mol. The molecule has 0 unspecified atom stereocenters. The second-order valence-electron chi connectivity index (χ2n) is 8.08. The number of hydrogen-bond acceptors (Lipinski definition) is 4. The summed E-state index contributed by atoms with van der Waals surface area (Å²) >= 11 is 0. The van der Waals surface area contributed by atoms with E-state index in [0.717, 1.165) is 12.8 Å². The van der Waals surface area contributed by atoms with E-state index >= 15 is 0 Å². The molecule has 172 valence electrons. The third kappa shape index (κ3) is 10.7. The molecule has 0 aliphatic heterocycles. The van der Waals surface area contributed by atoms with Gasteiger partial charge in [-0.2, -0.15) is 8.42 Å². The normalized spacial score (nSPS) is 11.2. The zero-order chi connectivity index (χ0) is 22.5. The summed E-state index contributed by atoms with van der Waals surface area (Å²) < 4.78 is 37.3. The van der Waals surface area contributed by atoms with E-state index in [1.54, 1.807) is 18.2 Å². The van der Waals surface area contributed by atoms with Gasteiger partial charge in [0.05, 0.1) is 4.90 Å². The number of para-hydroxylation sites is 1. The molecule has 0 bridgehead atoms. The van der Waals surface area contributed by atoms with Gasteiger partial charge in [0.2, 0.25) is 0 Å². The van der Waals surface area contributed by atoms with Crippen molar-refractivity contribution in [2.75, 3.05) is 0 Å². The van der Waals surface area contributed by atoms with E-state index in [2.05, 4.69) is 6.92 Å². The van der Waals surface area contributed by atoms with Crippen molar-refractivity contribution in [3.8, 4) is 17.2 Å². The minimum atomic E-state index is -4.32. The summed E-state index contributed by atoms with van der Waals surface area (Å²) in [6.07, 6.45) is 14.6. The van der Waals surface area contributed by atoms with Crippen LogP contribution in [0, 0.1) is 0 Å². The third-order valence-electron chi connectivity index (χ3n) is 5.44. The molecule has 5 nitrogen and oxygen atoms in total. The molecule has 0 amide bonds. The maximum atomic E-state index is 12.7. The van der Waals surface area contributed by atoms with Gasteiger partial charge in [0.25, 0.3) is 10.1 Å². The van der Waals surface area contributed by atoms with E-state index in [-0.39, 0.29) is 51.7 Å². The van der Waals surface area contributed by atoms with Crippen LogP contribution in [0.3, 0.4) is 0 Å². The first kappa shape index (κ1) is 29.0. The van der Waals surface area contributed by atoms with Gasteiger partial charge in [0.15, 0.2) is 0 Å². The minimum Gasteiger partial charge on any atom is -0.870 e. The summed E-state index contributed by atoms with van der Waals surface area (Å²) in [5.74, 6) is 0.180. The molecule has 2 aromatic rings. The molecule has 0 spiro atoms. The predicted octanol–water partition coefficient (Wildman–Crippen LogP) is 3.66. The summed E-state index contributed by atoms with van der Waals surface area (Å²) in [7, 11) is -4.32. The van der Waals surface area contributed by atoms with Gasteiger partial charge in [0, 0.05) is 6.07 Å². The summed E-state index contributed by atoms with van der Waals surface area (Å²) in [4.78, 5) is -0.269. The van der Waals surface area contributed by atoms with Crippen LogP contribution < -0.4 is 39.4 Å². The van der Waals surface area contributed by atoms with Gasteiger partial charge in [-0.25, -0.2) is 0 Å². The largest absolute Gasteiger partial charge is 1.00 e. The zero-order valence-electron chi connectivity index (χ0n) is 19.5. The Hall–Kier alpha value is -1.05. The van der Waals surface area contributed by atoms with Crippen molar-refractivity contribution in [1.82, 2.24) is 0 Å². The molecule has 0 atom stereocenters. The van der Waals surface area contributed by atoms with Crippen LogP contribution in [0.15, 0.2) is 47.4 Å². The molecule has 2 aromatic carbocycles. The number of unbranched alkanes of at least 4 members (excludes halogenated alkanes) is 10. The Kier molecular flexibility index (Phi) is 14.2. The van der Waals surface area contributed by atoms with Gasteiger partial charge in [-0.1, -0.05) is 101 Å². The molecule has 0 saturated carbocycles. The SMILES string of the molecule is CCCCCCCCCCCCCc1cccc(Oc2cccc(S(=O)(=O)O)c2)c1[O-].[Na+]. The average Bonchev–Trinajstić information content (AvgIpc) is 2.74. The molecular weight excluding hydrogens is 435 g/mol. The van der Waals surface area contributed by atoms with Crippen LogP contribution in [0.4, 0.5) is 0 Å². The second-order valence-corrected chi connectivity index (χ2v) is 9.50. The van der Waals surface area contributed by atoms with Crippen molar-refractivity contribution in [3.63, 3.8) is 0 Å². The third-order valence-corrected chi connectivity index (χ3v) is 6.29. The van der Waals surface area contributed by atoms with Gasteiger partial charge in [-0.05, 0) is 31.0 Å². The molecule has 2 rings (SSSR count). The van der Waals surface area contributed by atoms with E-state index in [1.165, 1.54) is 76.0 Å². The summed E-state index contributed by atoms with van der Waals surface area (Å²) in [5, 5.41) is 12.7. The van der Waals surface area contributed by atoms with Crippen LogP contribution >= 0.6 is 0 Å². The minimum absolute atomic E-state index is 0. The second kappa shape index (κ2) is 15.7. The number of aryl methyl sites for hydroxylation is 1. The van der Waals surface area contributed by atoms with Crippen LogP contribution in [-0.4, -0.2) is 13.0 Å². The van der Waals surface area contributed by atoms with Gasteiger partial charge < -0.3 is 9.84 Å². The Labute approximate surface area is 215 Å². The Morgan fingerprint density at radius 2 is 1.41 bits per heavy atom. The molecule has 0 saturated heterocycles. The fourth-order valence-electron chi connectivity index (χ4n) is 3.64. The molecule has 0 heterocycles. The number of ether oxygens (including phenoxy) is 1. The van der Waals surface area contributed by atoms with Gasteiger partial charge in [-0.3, -0.25) is 4.55 Å². The topological polar surface area (TPSA) is 86.7 Å². The van der Waals surface area contributed by atoms with Crippen LogP contribution in [0.2, 0.25) is 0 Å². The first-order valence-electron chi connectivity index (χ1n) is 11.5. The number of hydrogen-bond donors (Lipinski definition) is 1. The van der Waals surface area contributed by atoms with Crippen LogP contribution in [-0.2, 0) is 16.5 Å². The Balaban J connectivity index is 0.00000512. The molecule has 32 heavy (non-hydrogen) atoms. The molecule has 7 heteroatoms. The van der Waals surface area contributed by atoms with Crippen LogP contribution in [0.1, 0.15) is 83.1 Å². The molecule has 0 fully saturated rings. The quantitative estimate of drug-likeness (QED) is 0.244. The maximum absolute atomic E-state index is 12.7. The van der Waals surface area contributed by atoms with Crippen LogP contribution in [0.5, 0.6) is 17.2 Å². The van der Waals surface area contributed by atoms with E-state index in [1.807, 2.05) is 6.07 Å². The first-order valence-corrected chi connectivity index (χ1v) is 12.9. The van der Waals surface area contributed by atoms with Crippen molar-refractivity contribution < 1.29 is 52.4 Å². The van der Waals surface area contributed by atoms with Crippen molar-refractivity contribution in [2.45, 2.75) is 88.9 Å². The summed E-state index contributed by atoms with van der Waals surface area (Å²) in [5.41, 5.74) is 0.708. The van der Waals surface area contributed by atoms with Crippen molar-refractivity contribution in [3.05, 3.63) is 48.0 Å². The smallest absolute Gasteiger partial charge is 0.870 e. The standard InChI is InChI=1S/C25H36O5S.Na/c1-2-3-4-5-6-7-8-9-10-11-12-15-21-16-13-19-24(25(21)26)30-22-17-14-18-23(20-22)31(27,28)29;/h13-14,16-20,26H,2-12,15H2,1H3,(H,27,28,29);/q;+1/p-1. The van der Waals surface area contributed by atoms with E-state index < -0.39 is 10.1 Å². The van der Waals surface area contributed by atoms with E-state index in [4.69, 9.17) is 9.29 Å². The first-order chi connectivity index (χ1) is 14.9. The van der Waals surface area contributed by atoms with Crippen molar-refractivity contribution in [1.29, 1.82) is 0 Å². The van der Waals surface area contributed by atoms with E-state index in [9.17, 15) is 13.5 Å². The molecule has 1 N–H and O–H groups in total. The molecule has 0 radical (unpaired) electrons. The summed E-state index contributed by atoms with van der Waals surface area (Å²) in [6.45, 7) is 2.24. The van der Waals surface area contributed by atoms with Gasteiger partial charge in [-0.15, -0.1) is 0 Å². The summed E-state index contributed by atoms with van der Waals surface area (Å²) in [6, 6.07) is 10.6. The maximum Gasteiger partial charge on any atom is 1.00 e. The molecule has 0 aliphatic rings. The number of rotatable bonds is 15. The van der Waals surface area contributed by atoms with E-state index in [0.29, 0.717) is 12.0 Å². The van der Waals surface area contributed by atoms with Crippen molar-refractivity contribution in [2.24, 2.45) is 0 Å². The Bertz CT molecular complexity index is 899. The Morgan fingerprint density at radius 3 is 2.00 bits per heavy atom. The molecular formula is C25H35NaO5S. The van der Waals surface area contributed by atoms with Gasteiger partial charge in [0.1, 0.15) is 11.5 Å². The number of benzene rings is 2. The fourth-order valence-corrected chi connectivity index (χ4v) is 4.16. The monoisotopic (exact) mass is 470 g/mol. The van der Waals surface area contributed by atoms with Crippen molar-refractivity contribution >= 4 is 10.1 Å². The fraction of sp³-hybridized carbons (Fsp3) is 0.520. The Morgan fingerprint density at radius 1 is 0.844 bits per heavy atom.